The van der Waals surface area contributed by atoms with Crippen molar-refractivity contribution in [1.82, 2.24) is 4.90 Å². The molecule has 1 fully saturated rings. The average Bonchev–Trinajstić information content (AvgIpc) is 2.36. The van der Waals surface area contributed by atoms with E-state index in [2.05, 4.69) is 29.8 Å². The number of hydrogen-bond acceptors (Lipinski definition) is 2. The molecule has 0 radical (unpaired) electrons. The van der Waals surface area contributed by atoms with Crippen molar-refractivity contribution in [3.8, 4) is 0 Å². The number of likely N-dealkylation sites (tertiary alicyclic amines) is 1. The number of nitrogens with two attached hydrogens (primary N) is 1. The quantitative estimate of drug-likeness (QED) is 0.900. The van der Waals surface area contributed by atoms with E-state index in [9.17, 15) is 9.59 Å². The van der Waals surface area contributed by atoms with Crippen LogP contribution in [0.4, 0.5) is 0 Å². The minimum Gasteiger partial charge on any atom is -0.366 e. The first kappa shape index (κ1) is 15.0. The minimum atomic E-state index is -0.570. The standard InChI is InChI=1S/C15H19BrN2O2/c1-9-5-10(2)8-18(7-9)15(20)13-6-11(16)3-4-12(13)14(17)19/h3-4,6,9-10H,5,7-8H2,1-2H3,(H2,17,19)/t9-,10+. The van der Waals surface area contributed by atoms with Crippen LogP contribution in [-0.4, -0.2) is 29.8 Å². The Bertz CT molecular complexity index is 535. The molecule has 1 aromatic carbocycles. The third kappa shape index (κ3) is 3.20. The van der Waals surface area contributed by atoms with Crippen molar-refractivity contribution in [3.63, 3.8) is 0 Å². The highest BCUT2D eigenvalue weighted by atomic mass is 79.9. The lowest BCUT2D eigenvalue weighted by Gasteiger charge is -2.35. The molecular weight excluding hydrogens is 320 g/mol. The van der Waals surface area contributed by atoms with Crippen LogP contribution in [0.2, 0.25) is 0 Å². The van der Waals surface area contributed by atoms with E-state index in [-0.39, 0.29) is 11.5 Å². The third-order valence-corrected chi connectivity index (χ3v) is 4.13. The lowest BCUT2D eigenvalue weighted by molar-refractivity contribution is 0.0620. The molecule has 0 aliphatic carbocycles. The van der Waals surface area contributed by atoms with Crippen LogP contribution in [0.25, 0.3) is 0 Å². The molecule has 1 aromatic rings. The normalized spacial score (nSPS) is 22.6. The van der Waals surface area contributed by atoms with Crippen molar-refractivity contribution >= 4 is 27.7 Å². The van der Waals surface area contributed by atoms with E-state index in [1.807, 2.05) is 4.90 Å². The predicted octanol–water partition coefficient (Wildman–Crippen LogP) is 2.67. The number of halogens is 1. The van der Waals surface area contributed by atoms with Gasteiger partial charge in [-0.05, 0) is 36.5 Å². The summed E-state index contributed by atoms with van der Waals surface area (Å²) >= 11 is 3.34. The molecule has 5 heteroatoms. The average molecular weight is 339 g/mol. The molecule has 0 bridgehead atoms. The van der Waals surface area contributed by atoms with Crippen molar-refractivity contribution in [1.29, 1.82) is 0 Å². The molecule has 2 N–H and O–H groups in total. The monoisotopic (exact) mass is 338 g/mol. The van der Waals surface area contributed by atoms with Gasteiger partial charge in [-0.2, -0.15) is 0 Å². The molecule has 1 heterocycles. The molecule has 108 valence electrons. The van der Waals surface area contributed by atoms with Gasteiger partial charge in [0.2, 0.25) is 5.91 Å². The van der Waals surface area contributed by atoms with Gasteiger partial charge in [0, 0.05) is 17.6 Å². The number of amides is 2. The summed E-state index contributed by atoms with van der Waals surface area (Å²) in [5, 5.41) is 0. The second kappa shape index (κ2) is 5.95. The molecule has 20 heavy (non-hydrogen) atoms. The number of piperidine rings is 1. The van der Waals surface area contributed by atoms with Crippen LogP contribution in [0, 0.1) is 11.8 Å². The number of nitrogens with zero attached hydrogens (tertiary/aromatic N) is 1. The molecule has 2 atom stereocenters. The fourth-order valence-electron chi connectivity index (χ4n) is 2.91. The van der Waals surface area contributed by atoms with Crippen LogP contribution in [0.15, 0.2) is 22.7 Å². The maximum Gasteiger partial charge on any atom is 0.254 e. The first-order valence-electron chi connectivity index (χ1n) is 6.77. The second-order valence-electron chi connectivity index (χ2n) is 5.71. The number of rotatable bonds is 2. The van der Waals surface area contributed by atoms with E-state index in [1.165, 1.54) is 0 Å². The van der Waals surface area contributed by atoms with Crippen LogP contribution in [0.5, 0.6) is 0 Å². The van der Waals surface area contributed by atoms with Crippen LogP contribution in [0.1, 0.15) is 41.0 Å². The Hall–Kier alpha value is -1.36. The maximum absolute atomic E-state index is 12.7. The smallest absolute Gasteiger partial charge is 0.254 e. The molecule has 1 saturated heterocycles. The first-order chi connectivity index (χ1) is 9.38. The van der Waals surface area contributed by atoms with Crippen LogP contribution in [0.3, 0.4) is 0 Å². The van der Waals surface area contributed by atoms with Gasteiger partial charge in [0.05, 0.1) is 11.1 Å². The Labute approximate surface area is 127 Å². The first-order valence-corrected chi connectivity index (χ1v) is 7.56. The Morgan fingerprint density at radius 3 is 2.35 bits per heavy atom. The maximum atomic E-state index is 12.7. The topological polar surface area (TPSA) is 63.4 Å². The van der Waals surface area contributed by atoms with Gasteiger partial charge in [0.25, 0.3) is 5.91 Å². The fourth-order valence-corrected chi connectivity index (χ4v) is 3.27. The van der Waals surface area contributed by atoms with Gasteiger partial charge in [-0.25, -0.2) is 0 Å². The van der Waals surface area contributed by atoms with Gasteiger partial charge in [-0.3, -0.25) is 9.59 Å². The van der Waals surface area contributed by atoms with E-state index in [0.717, 1.165) is 24.0 Å². The van der Waals surface area contributed by atoms with Crippen LogP contribution >= 0.6 is 15.9 Å². The van der Waals surface area contributed by atoms with E-state index >= 15 is 0 Å². The lowest BCUT2D eigenvalue weighted by atomic mass is 9.91. The molecule has 0 spiro atoms. The second-order valence-corrected chi connectivity index (χ2v) is 6.63. The van der Waals surface area contributed by atoms with Crippen molar-refractivity contribution in [2.45, 2.75) is 20.3 Å². The van der Waals surface area contributed by atoms with Crippen LogP contribution < -0.4 is 5.73 Å². The molecule has 2 amide bonds. The summed E-state index contributed by atoms with van der Waals surface area (Å²) in [6.45, 7) is 5.75. The molecule has 1 aliphatic heterocycles. The summed E-state index contributed by atoms with van der Waals surface area (Å²) in [6.07, 6.45) is 1.13. The van der Waals surface area contributed by atoms with Crippen LogP contribution in [-0.2, 0) is 0 Å². The van der Waals surface area contributed by atoms with E-state index < -0.39 is 5.91 Å². The van der Waals surface area contributed by atoms with Crippen molar-refractivity contribution in [3.05, 3.63) is 33.8 Å². The summed E-state index contributed by atoms with van der Waals surface area (Å²) in [7, 11) is 0. The zero-order chi connectivity index (χ0) is 14.9. The van der Waals surface area contributed by atoms with E-state index in [1.54, 1.807) is 18.2 Å². The Morgan fingerprint density at radius 2 is 1.80 bits per heavy atom. The highest BCUT2D eigenvalue weighted by Gasteiger charge is 2.28. The van der Waals surface area contributed by atoms with Gasteiger partial charge in [0.1, 0.15) is 0 Å². The lowest BCUT2D eigenvalue weighted by Crippen LogP contribution is -2.43. The van der Waals surface area contributed by atoms with E-state index in [4.69, 9.17) is 5.73 Å². The number of carbonyl (C=O) groups excluding carboxylic acids is 2. The molecule has 0 unspecified atom stereocenters. The molecular formula is C15H19BrN2O2. The largest absolute Gasteiger partial charge is 0.366 e. The van der Waals surface area contributed by atoms with Gasteiger partial charge in [-0.1, -0.05) is 29.8 Å². The Morgan fingerprint density at radius 1 is 1.20 bits per heavy atom. The highest BCUT2D eigenvalue weighted by Crippen LogP contribution is 2.24. The number of benzene rings is 1. The molecule has 0 aromatic heterocycles. The zero-order valence-electron chi connectivity index (χ0n) is 11.7. The summed E-state index contributed by atoms with van der Waals surface area (Å²) in [5.74, 6) is 0.274. The highest BCUT2D eigenvalue weighted by molar-refractivity contribution is 9.10. The molecule has 2 rings (SSSR count). The van der Waals surface area contributed by atoms with Crippen molar-refractivity contribution in [2.24, 2.45) is 17.6 Å². The SMILES string of the molecule is C[C@@H]1C[C@H](C)CN(C(=O)c2cc(Br)ccc2C(N)=O)C1. The van der Waals surface area contributed by atoms with E-state index in [0.29, 0.717) is 17.4 Å². The Balaban J connectivity index is 2.33. The van der Waals surface area contributed by atoms with Gasteiger partial charge in [0.15, 0.2) is 0 Å². The van der Waals surface area contributed by atoms with Gasteiger partial charge >= 0.3 is 0 Å². The van der Waals surface area contributed by atoms with Gasteiger partial charge in [-0.15, -0.1) is 0 Å². The Kier molecular flexibility index (Phi) is 4.48. The minimum absolute atomic E-state index is 0.112. The number of hydrogen-bond donors (Lipinski definition) is 1. The van der Waals surface area contributed by atoms with Gasteiger partial charge < -0.3 is 10.6 Å². The summed E-state index contributed by atoms with van der Waals surface area (Å²) in [5.41, 5.74) is 6.03. The molecule has 4 nitrogen and oxygen atoms in total. The number of primary amides is 1. The van der Waals surface area contributed by atoms with Crippen molar-refractivity contribution < 1.29 is 9.59 Å². The molecule has 1 aliphatic rings. The predicted molar refractivity (Wildman–Crippen MR) is 81.5 cm³/mol. The number of carbonyl (C=O) groups is 2. The van der Waals surface area contributed by atoms with Crippen molar-refractivity contribution in [2.75, 3.05) is 13.1 Å². The zero-order valence-corrected chi connectivity index (χ0v) is 13.3. The molecule has 0 saturated carbocycles. The fraction of sp³-hybridized carbons (Fsp3) is 0.467. The third-order valence-electron chi connectivity index (χ3n) is 3.63. The summed E-state index contributed by atoms with van der Waals surface area (Å²) in [4.78, 5) is 26.0. The summed E-state index contributed by atoms with van der Waals surface area (Å²) < 4.78 is 0.768. The summed E-state index contributed by atoms with van der Waals surface area (Å²) in [6, 6.07) is 4.99.